The summed E-state index contributed by atoms with van der Waals surface area (Å²) >= 11 is 0. The van der Waals surface area contributed by atoms with Crippen LogP contribution in [0.2, 0.25) is 0 Å². The molecule has 1 unspecified atom stereocenters. The second-order valence-corrected chi connectivity index (χ2v) is 4.64. The molecule has 1 atom stereocenters. The zero-order valence-corrected chi connectivity index (χ0v) is 9.26. The molecule has 16 heavy (non-hydrogen) atoms. The lowest BCUT2D eigenvalue weighted by molar-refractivity contribution is 0.102. The Labute approximate surface area is 92.8 Å². The summed E-state index contributed by atoms with van der Waals surface area (Å²) < 4.78 is 16.0. The lowest BCUT2D eigenvalue weighted by Crippen LogP contribution is -2.04. The SMILES string of the molecule is N#CCCOP(=O)(O)C(=O)c1ccccc1. The quantitative estimate of drug-likeness (QED) is 0.626. The van der Waals surface area contributed by atoms with E-state index in [4.69, 9.17) is 5.26 Å². The Balaban J connectivity index is 2.74. The van der Waals surface area contributed by atoms with Crippen molar-refractivity contribution in [1.29, 1.82) is 5.26 Å². The van der Waals surface area contributed by atoms with Crippen molar-refractivity contribution >= 4 is 13.1 Å². The molecule has 84 valence electrons. The minimum Gasteiger partial charge on any atom is -0.319 e. The Morgan fingerprint density at radius 2 is 2.06 bits per heavy atom. The first-order valence-electron chi connectivity index (χ1n) is 4.52. The van der Waals surface area contributed by atoms with Crippen molar-refractivity contribution in [2.24, 2.45) is 0 Å². The van der Waals surface area contributed by atoms with Crippen LogP contribution in [0, 0.1) is 11.3 Å². The molecule has 0 saturated heterocycles. The lowest BCUT2D eigenvalue weighted by atomic mass is 10.2. The van der Waals surface area contributed by atoms with Crippen molar-refractivity contribution in [3.8, 4) is 6.07 Å². The molecule has 0 radical (unpaired) electrons. The number of hydrogen-bond acceptors (Lipinski definition) is 4. The Morgan fingerprint density at radius 1 is 1.44 bits per heavy atom. The van der Waals surface area contributed by atoms with Gasteiger partial charge in [0.15, 0.2) is 0 Å². The van der Waals surface area contributed by atoms with E-state index in [0.717, 1.165) is 0 Å². The molecular formula is C10H10NO4P. The summed E-state index contributed by atoms with van der Waals surface area (Å²) in [5.74, 6) is 0. The topological polar surface area (TPSA) is 87.4 Å². The maximum absolute atomic E-state index is 11.5. The van der Waals surface area contributed by atoms with Gasteiger partial charge >= 0.3 is 7.60 Å². The van der Waals surface area contributed by atoms with E-state index in [1.165, 1.54) is 12.1 Å². The van der Waals surface area contributed by atoms with E-state index in [9.17, 15) is 14.3 Å². The normalized spacial score (nSPS) is 13.8. The van der Waals surface area contributed by atoms with E-state index in [1.54, 1.807) is 24.3 Å². The molecule has 0 saturated carbocycles. The molecule has 5 nitrogen and oxygen atoms in total. The predicted molar refractivity (Wildman–Crippen MR) is 56.8 cm³/mol. The molecular weight excluding hydrogens is 229 g/mol. The smallest absolute Gasteiger partial charge is 0.319 e. The van der Waals surface area contributed by atoms with Gasteiger partial charge in [-0.05, 0) is 0 Å². The van der Waals surface area contributed by atoms with Crippen LogP contribution in [0.1, 0.15) is 16.8 Å². The van der Waals surface area contributed by atoms with Crippen LogP contribution in [-0.4, -0.2) is 17.0 Å². The monoisotopic (exact) mass is 239 g/mol. The van der Waals surface area contributed by atoms with Gasteiger partial charge < -0.3 is 9.42 Å². The van der Waals surface area contributed by atoms with Crippen molar-refractivity contribution in [1.82, 2.24) is 0 Å². The van der Waals surface area contributed by atoms with Gasteiger partial charge in [0, 0.05) is 5.56 Å². The van der Waals surface area contributed by atoms with Crippen LogP contribution >= 0.6 is 7.60 Å². The molecule has 1 N–H and O–H groups in total. The minimum atomic E-state index is -4.33. The third-order valence-electron chi connectivity index (χ3n) is 1.76. The Kier molecular flexibility index (Phi) is 4.39. The third kappa shape index (κ3) is 3.28. The second kappa shape index (κ2) is 5.57. The van der Waals surface area contributed by atoms with E-state index >= 15 is 0 Å². The number of rotatable bonds is 5. The highest BCUT2D eigenvalue weighted by Crippen LogP contribution is 2.45. The fraction of sp³-hybridized carbons (Fsp3) is 0.200. The van der Waals surface area contributed by atoms with Crippen LogP contribution < -0.4 is 0 Å². The van der Waals surface area contributed by atoms with Gasteiger partial charge in [-0.2, -0.15) is 5.26 Å². The van der Waals surface area contributed by atoms with Crippen molar-refractivity contribution in [2.45, 2.75) is 6.42 Å². The molecule has 0 aliphatic heterocycles. The van der Waals surface area contributed by atoms with E-state index in [0.29, 0.717) is 0 Å². The van der Waals surface area contributed by atoms with Crippen molar-refractivity contribution < 1.29 is 18.8 Å². The first-order chi connectivity index (χ1) is 7.58. The number of hydrogen-bond donors (Lipinski definition) is 1. The van der Waals surface area contributed by atoms with Gasteiger partial charge in [-0.3, -0.25) is 9.36 Å². The standard InChI is InChI=1S/C10H10NO4P/c11-7-4-8-15-16(13,14)10(12)9-5-2-1-3-6-9/h1-3,5-6H,4,8H2,(H,13,14). The van der Waals surface area contributed by atoms with E-state index in [-0.39, 0.29) is 18.6 Å². The largest absolute Gasteiger partial charge is 0.399 e. The number of benzene rings is 1. The van der Waals surface area contributed by atoms with Gasteiger partial charge in [-0.1, -0.05) is 30.3 Å². The average Bonchev–Trinajstić information content (AvgIpc) is 2.29. The van der Waals surface area contributed by atoms with Gasteiger partial charge in [0.05, 0.1) is 19.1 Å². The molecule has 0 fully saturated rings. The third-order valence-corrected chi connectivity index (χ3v) is 3.06. The zero-order chi connectivity index (χ0) is 12.0. The van der Waals surface area contributed by atoms with Crippen LogP contribution in [-0.2, 0) is 9.09 Å². The minimum absolute atomic E-state index is 0.0351. The molecule has 6 heteroatoms. The maximum Gasteiger partial charge on any atom is 0.399 e. The second-order valence-electron chi connectivity index (χ2n) is 2.93. The predicted octanol–water partition coefficient (Wildman–Crippen LogP) is 1.94. The summed E-state index contributed by atoms with van der Waals surface area (Å²) in [4.78, 5) is 20.9. The zero-order valence-electron chi connectivity index (χ0n) is 8.37. The summed E-state index contributed by atoms with van der Waals surface area (Å²) in [5.41, 5.74) is -0.837. The highest BCUT2D eigenvalue weighted by molar-refractivity contribution is 7.71. The summed E-state index contributed by atoms with van der Waals surface area (Å²) in [6.07, 6.45) is -0.0351. The van der Waals surface area contributed by atoms with E-state index in [1.807, 2.05) is 0 Å². The van der Waals surface area contributed by atoms with Gasteiger partial charge in [0.25, 0.3) is 5.52 Å². The fourth-order valence-electron chi connectivity index (χ4n) is 1.02. The number of nitriles is 1. The molecule has 0 aliphatic carbocycles. The Bertz CT molecular complexity index is 452. The maximum atomic E-state index is 11.5. The van der Waals surface area contributed by atoms with Crippen LogP contribution in [0.5, 0.6) is 0 Å². The van der Waals surface area contributed by atoms with E-state index < -0.39 is 13.1 Å². The molecule has 0 heterocycles. The molecule has 0 spiro atoms. The summed E-state index contributed by atoms with van der Waals surface area (Å²) in [7, 11) is -4.33. The first-order valence-corrected chi connectivity index (χ1v) is 6.10. The number of carbonyl (C=O) groups excluding carboxylic acids is 1. The lowest BCUT2D eigenvalue weighted by Gasteiger charge is -2.09. The van der Waals surface area contributed by atoms with Crippen molar-refractivity contribution in [3.05, 3.63) is 35.9 Å². The van der Waals surface area contributed by atoms with Crippen molar-refractivity contribution in [2.75, 3.05) is 6.61 Å². The van der Waals surface area contributed by atoms with Gasteiger partial charge in [0.1, 0.15) is 0 Å². The highest BCUT2D eigenvalue weighted by atomic mass is 31.2. The van der Waals surface area contributed by atoms with Gasteiger partial charge in [0.2, 0.25) is 0 Å². The molecule has 1 aromatic carbocycles. The first kappa shape index (κ1) is 12.6. The molecule has 0 bridgehead atoms. The molecule has 1 aromatic rings. The summed E-state index contributed by atoms with van der Waals surface area (Å²) in [6.45, 7) is -0.233. The summed E-state index contributed by atoms with van der Waals surface area (Å²) in [5, 5.41) is 8.23. The van der Waals surface area contributed by atoms with Gasteiger partial charge in [-0.15, -0.1) is 0 Å². The van der Waals surface area contributed by atoms with Gasteiger partial charge in [-0.25, -0.2) is 0 Å². The van der Waals surface area contributed by atoms with Crippen LogP contribution in [0.3, 0.4) is 0 Å². The van der Waals surface area contributed by atoms with Crippen LogP contribution in [0.25, 0.3) is 0 Å². The highest BCUT2D eigenvalue weighted by Gasteiger charge is 2.31. The molecule has 0 aliphatic rings. The number of carbonyl (C=O) groups is 1. The molecule has 1 rings (SSSR count). The van der Waals surface area contributed by atoms with Crippen LogP contribution in [0.4, 0.5) is 0 Å². The average molecular weight is 239 g/mol. The molecule has 0 aromatic heterocycles. The summed E-state index contributed by atoms with van der Waals surface area (Å²) in [6, 6.07) is 9.47. The fourth-order valence-corrected chi connectivity index (χ4v) is 1.95. The Hall–Kier alpha value is -1.47. The Morgan fingerprint density at radius 3 is 2.62 bits per heavy atom. The van der Waals surface area contributed by atoms with Crippen LogP contribution in [0.15, 0.2) is 30.3 Å². The van der Waals surface area contributed by atoms with E-state index in [2.05, 4.69) is 4.52 Å². The molecule has 0 amide bonds. The van der Waals surface area contributed by atoms with Crippen molar-refractivity contribution in [3.63, 3.8) is 0 Å². The number of nitrogens with zero attached hydrogens (tertiary/aromatic N) is 1.